The molecule has 2 aliphatic carbocycles. The van der Waals surface area contributed by atoms with Gasteiger partial charge in [-0.1, -0.05) is 53.2 Å². The Labute approximate surface area is 196 Å². The van der Waals surface area contributed by atoms with Gasteiger partial charge in [-0.2, -0.15) is 0 Å². The molecule has 0 radical (unpaired) electrons. The van der Waals surface area contributed by atoms with Crippen LogP contribution in [0.4, 0.5) is 5.82 Å². The Hall–Kier alpha value is -2.27. The normalized spacial score (nSPS) is 29.0. The van der Waals surface area contributed by atoms with E-state index in [2.05, 4.69) is 59.6 Å². The number of aryl methyl sites for hydroxylation is 2. The molecule has 2 saturated carbocycles. The number of anilines is 1. The first-order valence-corrected chi connectivity index (χ1v) is 12.5. The molecule has 2 fully saturated rings. The van der Waals surface area contributed by atoms with Crippen molar-refractivity contribution in [1.82, 2.24) is 25.0 Å². The summed E-state index contributed by atoms with van der Waals surface area (Å²) in [5.74, 6) is 1.93. The number of aliphatic hydroxyl groups is 3. The molecular weight excluding hydrogens is 440 g/mol. The van der Waals surface area contributed by atoms with E-state index in [1.807, 2.05) is 0 Å². The minimum Gasteiger partial charge on any atom is -0.390 e. The van der Waals surface area contributed by atoms with Crippen LogP contribution < -0.4 is 5.32 Å². The largest absolute Gasteiger partial charge is 0.390 e. The molecule has 0 amide bonds. The van der Waals surface area contributed by atoms with Gasteiger partial charge < -0.3 is 20.6 Å². The Bertz CT molecular complexity index is 1150. The van der Waals surface area contributed by atoms with Crippen LogP contribution in [0, 0.1) is 13.8 Å². The lowest BCUT2D eigenvalue weighted by Gasteiger charge is -2.16. The maximum absolute atomic E-state index is 10.4. The number of hydrogen-bond acceptors (Lipinski definition) is 9. The number of hydrogen-bond donors (Lipinski definition) is 4. The highest BCUT2D eigenvalue weighted by Gasteiger charge is 2.44. The fraction of sp³-hybridized carbons (Fsp3) is 0.565. The molecule has 3 aromatic rings. The predicted molar refractivity (Wildman–Crippen MR) is 126 cm³/mol. The van der Waals surface area contributed by atoms with E-state index in [0.717, 1.165) is 18.6 Å². The summed E-state index contributed by atoms with van der Waals surface area (Å²) in [5, 5.41) is 43.2. The summed E-state index contributed by atoms with van der Waals surface area (Å²) in [5.41, 5.74) is 4.89. The Balaban J connectivity index is 1.46. The molecule has 9 nitrogen and oxygen atoms in total. The second-order valence-electron chi connectivity index (χ2n) is 9.28. The van der Waals surface area contributed by atoms with E-state index in [-0.39, 0.29) is 12.5 Å². The Morgan fingerprint density at radius 1 is 1.06 bits per heavy atom. The first kappa shape index (κ1) is 22.5. The zero-order valence-electron chi connectivity index (χ0n) is 19.0. The van der Waals surface area contributed by atoms with Crippen LogP contribution in [0.15, 0.2) is 23.4 Å². The van der Waals surface area contributed by atoms with E-state index < -0.39 is 24.4 Å². The molecule has 6 unspecified atom stereocenters. The van der Waals surface area contributed by atoms with E-state index in [1.165, 1.54) is 21.4 Å². The first-order chi connectivity index (χ1) is 15.9. The van der Waals surface area contributed by atoms with E-state index >= 15 is 0 Å². The van der Waals surface area contributed by atoms with Crippen molar-refractivity contribution >= 4 is 28.7 Å². The van der Waals surface area contributed by atoms with Crippen molar-refractivity contribution in [3.8, 4) is 0 Å². The quantitative estimate of drug-likeness (QED) is 0.304. The summed E-state index contributed by atoms with van der Waals surface area (Å²) in [4.78, 5) is 9.40. The minimum absolute atomic E-state index is 0.183. The maximum Gasteiger partial charge on any atom is 0.191 e. The minimum atomic E-state index is -1.22. The number of aliphatic hydroxyl groups excluding tert-OH is 3. The number of fused-ring (bicyclic) bond motifs is 1. The van der Waals surface area contributed by atoms with E-state index in [4.69, 9.17) is 4.98 Å². The van der Waals surface area contributed by atoms with Gasteiger partial charge in [-0.25, -0.2) is 14.6 Å². The summed E-state index contributed by atoms with van der Waals surface area (Å²) in [6.07, 6.45) is -1.18. The van der Waals surface area contributed by atoms with Crippen molar-refractivity contribution in [2.75, 3.05) is 11.1 Å². The molecule has 5 rings (SSSR count). The topological polar surface area (TPSA) is 129 Å². The monoisotopic (exact) mass is 470 g/mol. The SMILES string of the molecule is CCCSc1nc(NC2CC2c2cc(C)cc(C)c2)c2nnn(C3CC(O)C(O)C3O)c2n1. The lowest BCUT2D eigenvalue weighted by atomic mass is 10.0. The summed E-state index contributed by atoms with van der Waals surface area (Å²) in [6.45, 7) is 6.35. The van der Waals surface area contributed by atoms with E-state index in [9.17, 15) is 15.3 Å². The third kappa shape index (κ3) is 4.32. The molecule has 2 aromatic heterocycles. The van der Waals surface area contributed by atoms with Crippen LogP contribution in [0.2, 0.25) is 0 Å². The smallest absolute Gasteiger partial charge is 0.191 e. The summed E-state index contributed by atoms with van der Waals surface area (Å²) >= 11 is 1.56. The Morgan fingerprint density at radius 3 is 2.48 bits per heavy atom. The number of nitrogens with one attached hydrogen (secondary N) is 1. The molecule has 2 heterocycles. The van der Waals surface area contributed by atoms with Gasteiger partial charge >= 0.3 is 0 Å². The molecule has 176 valence electrons. The number of nitrogens with zero attached hydrogens (tertiary/aromatic N) is 5. The highest BCUT2D eigenvalue weighted by molar-refractivity contribution is 7.99. The maximum atomic E-state index is 10.4. The molecule has 4 N–H and O–H groups in total. The van der Waals surface area contributed by atoms with Gasteiger partial charge in [0.15, 0.2) is 22.1 Å². The van der Waals surface area contributed by atoms with Gasteiger partial charge in [0.25, 0.3) is 0 Å². The van der Waals surface area contributed by atoms with Gasteiger partial charge in [-0.05, 0) is 32.3 Å². The van der Waals surface area contributed by atoms with Crippen molar-refractivity contribution in [3.05, 3.63) is 34.9 Å². The van der Waals surface area contributed by atoms with Crippen LogP contribution in [0.3, 0.4) is 0 Å². The van der Waals surface area contributed by atoms with Gasteiger partial charge in [-0.3, -0.25) is 0 Å². The van der Waals surface area contributed by atoms with Crippen molar-refractivity contribution < 1.29 is 15.3 Å². The van der Waals surface area contributed by atoms with Gasteiger partial charge in [0.2, 0.25) is 0 Å². The molecule has 1 aromatic carbocycles. The van der Waals surface area contributed by atoms with Crippen LogP contribution >= 0.6 is 11.8 Å². The molecular formula is C23H30N6O3S. The highest BCUT2D eigenvalue weighted by Crippen LogP contribution is 2.44. The number of rotatable bonds is 7. The zero-order chi connectivity index (χ0) is 23.3. The van der Waals surface area contributed by atoms with Gasteiger partial charge in [0, 0.05) is 24.1 Å². The van der Waals surface area contributed by atoms with Crippen LogP contribution in [-0.4, -0.2) is 70.4 Å². The molecule has 0 saturated heterocycles. The second-order valence-corrected chi connectivity index (χ2v) is 10.3. The third-order valence-electron chi connectivity index (χ3n) is 6.46. The van der Waals surface area contributed by atoms with Gasteiger partial charge in [-0.15, -0.1) is 5.10 Å². The molecule has 0 aliphatic heterocycles. The lowest BCUT2D eigenvalue weighted by Crippen LogP contribution is -2.31. The van der Waals surface area contributed by atoms with Gasteiger partial charge in [0.05, 0.1) is 12.1 Å². The molecule has 0 spiro atoms. The van der Waals surface area contributed by atoms with Crippen molar-refractivity contribution in [3.63, 3.8) is 0 Å². The van der Waals surface area contributed by atoms with Crippen molar-refractivity contribution in [2.45, 2.75) is 81.5 Å². The van der Waals surface area contributed by atoms with E-state index in [0.29, 0.717) is 28.1 Å². The second kappa shape index (κ2) is 8.83. The molecule has 10 heteroatoms. The summed E-state index contributed by atoms with van der Waals surface area (Å²) in [7, 11) is 0. The third-order valence-corrected chi connectivity index (χ3v) is 7.51. The van der Waals surface area contributed by atoms with Crippen LogP contribution in [0.25, 0.3) is 11.2 Å². The van der Waals surface area contributed by atoms with Crippen molar-refractivity contribution in [2.24, 2.45) is 0 Å². The average molecular weight is 471 g/mol. The molecule has 6 atom stereocenters. The highest BCUT2D eigenvalue weighted by atomic mass is 32.2. The van der Waals surface area contributed by atoms with E-state index in [1.54, 1.807) is 11.8 Å². The van der Waals surface area contributed by atoms with Gasteiger partial charge in [0.1, 0.15) is 12.2 Å². The molecule has 33 heavy (non-hydrogen) atoms. The fourth-order valence-corrected chi connectivity index (χ4v) is 5.43. The average Bonchev–Trinajstić information content (AvgIpc) is 3.34. The number of aromatic nitrogens is 5. The number of benzene rings is 1. The Kier molecular flexibility index (Phi) is 6.02. The van der Waals surface area contributed by atoms with Crippen LogP contribution in [0.1, 0.15) is 54.8 Å². The summed E-state index contributed by atoms with van der Waals surface area (Å²) in [6, 6.07) is 6.32. The van der Waals surface area contributed by atoms with Crippen LogP contribution in [0.5, 0.6) is 0 Å². The predicted octanol–water partition coefficient (Wildman–Crippen LogP) is 2.34. The standard InChI is InChI=1S/C23H30N6O3S/c1-4-5-33-23-25-21(24-15-9-14(15)13-7-11(2)6-12(3)8-13)18-22(26-23)29(28-27-18)16-10-17(30)20(32)19(16)31/h6-8,14-17,19-20,30-32H,4-5,9-10H2,1-3H3,(H,24,25,26). The van der Waals surface area contributed by atoms with Crippen LogP contribution in [-0.2, 0) is 0 Å². The van der Waals surface area contributed by atoms with Crippen molar-refractivity contribution in [1.29, 1.82) is 0 Å². The molecule has 0 bridgehead atoms. The lowest BCUT2D eigenvalue weighted by molar-refractivity contribution is -0.0253. The zero-order valence-corrected chi connectivity index (χ0v) is 19.8. The summed E-state index contributed by atoms with van der Waals surface area (Å²) < 4.78 is 1.52. The fourth-order valence-electron chi connectivity index (χ4n) is 4.74. The molecule has 2 aliphatic rings. The Morgan fingerprint density at radius 2 is 1.82 bits per heavy atom. The number of thioether (sulfide) groups is 1. The first-order valence-electron chi connectivity index (χ1n) is 11.5.